The number of esters is 1. The topological polar surface area (TPSA) is 38.3 Å². The molecular formula is C10H11NO2. The average Bonchev–Trinajstić information content (AvgIpc) is 2.20. The van der Waals surface area contributed by atoms with E-state index in [1.165, 1.54) is 0 Å². The predicted octanol–water partition coefficient (Wildman–Crippen LogP) is 0.874. The van der Waals surface area contributed by atoms with Crippen molar-refractivity contribution in [2.24, 2.45) is 0 Å². The second kappa shape index (κ2) is 3.58. The summed E-state index contributed by atoms with van der Waals surface area (Å²) in [6.45, 7) is 0.738. The molecule has 1 aromatic carbocycles. The molecule has 0 radical (unpaired) electrons. The first-order valence-electron chi connectivity index (χ1n) is 4.30. The van der Waals surface area contributed by atoms with Crippen LogP contribution in [0.5, 0.6) is 0 Å². The number of benzene rings is 1. The third-order valence-corrected chi connectivity index (χ3v) is 2.11. The second-order valence-electron chi connectivity index (χ2n) is 3.03. The van der Waals surface area contributed by atoms with Gasteiger partial charge in [0.15, 0.2) is 0 Å². The van der Waals surface area contributed by atoms with Crippen LogP contribution in [0.15, 0.2) is 30.3 Å². The number of morpholine rings is 1. The molecule has 1 fully saturated rings. The molecule has 68 valence electrons. The summed E-state index contributed by atoms with van der Waals surface area (Å²) in [5.74, 6) is -0.174. The maximum atomic E-state index is 10.8. The van der Waals surface area contributed by atoms with Gasteiger partial charge in [0.2, 0.25) is 0 Å². The molecule has 0 aliphatic carbocycles. The van der Waals surface area contributed by atoms with Gasteiger partial charge >= 0.3 is 5.97 Å². The molecule has 3 heteroatoms. The first-order chi connectivity index (χ1) is 6.36. The van der Waals surface area contributed by atoms with Gasteiger partial charge < -0.3 is 4.74 Å². The first-order valence-corrected chi connectivity index (χ1v) is 4.30. The van der Waals surface area contributed by atoms with Crippen molar-refractivity contribution in [2.75, 3.05) is 13.2 Å². The molecule has 0 bridgehead atoms. The molecule has 3 nitrogen and oxygen atoms in total. The highest BCUT2D eigenvalue weighted by molar-refractivity contribution is 5.72. The van der Waals surface area contributed by atoms with Crippen molar-refractivity contribution in [1.82, 2.24) is 5.32 Å². The fourth-order valence-corrected chi connectivity index (χ4v) is 1.39. The van der Waals surface area contributed by atoms with Crippen LogP contribution in [0.4, 0.5) is 0 Å². The summed E-state index contributed by atoms with van der Waals surface area (Å²) in [4.78, 5) is 10.8. The Morgan fingerprint density at radius 3 is 2.69 bits per heavy atom. The zero-order valence-electron chi connectivity index (χ0n) is 7.19. The lowest BCUT2D eigenvalue weighted by atomic mass is 10.1. The number of carbonyl (C=O) groups excluding carboxylic acids is 1. The summed E-state index contributed by atoms with van der Waals surface area (Å²) >= 11 is 0. The van der Waals surface area contributed by atoms with Crippen LogP contribution in [-0.4, -0.2) is 19.1 Å². The van der Waals surface area contributed by atoms with Gasteiger partial charge in [0.25, 0.3) is 0 Å². The van der Waals surface area contributed by atoms with Gasteiger partial charge in [-0.25, -0.2) is 0 Å². The van der Waals surface area contributed by atoms with Crippen molar-refractivity contribution in [2.45, 2.75) is 6.04 Å². The van der Waals surface area contributed by atoms with Gasteiger partial charge in [0, 0.05) is 0 Å². The van der Waals surface area contributed by atoms with Gasteiger partial charge in [0.05, 0.1) is 12.6 Å². The first kappa shape index (κ1) is 8.26. The van der Waals surface area contributed by atoms with E-state index in [4.69, 9.17) is 4.74 Å². The van der Waals surface area contributed by atoms with Crippen molar-refractivity contribution in [3.05, 3.63) is 35.9 Å². The monoisotopic (exact) mass is 177 g/mol. The van der Waals surface area contributed by atoms with E-state index in [9.17, 15) is 4.79 Å². The molecule has 1 heterocycles. The normalized spacial score (nSPS) is 22.5. The van der Waals surface area contributed by atoms with Crippen LogP contribution in [0, 0.1) is 0 Å². The van der Waals surface area contributed by atoms with Crippen LogP contribution < -0.4 is 5.32 Å². The molecule has 0 aromatic heterocycles. The van der Waals surface area contributed by atoms with Crippen LogP contribution in [0.25, 0.3) is 0 Å². The Labute approximate surface area is 76.7 Å². The van der Waals surface area contributed by atoms with E-state index in [0.29, 0.717) is 13.2 Å². The quantitative estimate of drug-likeness (QED) is 0.647. The number of rotatable bonds is 1. The highest BCUT2D eigenvalue weighted by atomic mass is 16.5. The van der Waals surface area contributed by atoms with E-state index >= 15 is 0 Å². The third-order valence-electron chi connectivity index (χ3n) is 2.11. The molecule has 0 spiro atoms. The second-order valence-corrected chi connectivity index (χ2v) is 3.03. The van der Waals surface area contributed by atoms with E-state index in [-0.39, 0.29) is 12.0 Å². The summed E-state index contributed by atoms with van der Waals surface area (Å²) in [5, 5.41) is 3.11. The summed E-state index contributed by atoms with van der Waals surface area (Å²) in [7, 11) is 0. The fourth-order valence-electron chi connectivity index (χ4n) is 1.39. The predicted molar refractivity (Wildman–Crippen MR) is 48.1 cm³/mol. The molecule has 13 heavy (non-hydrogen) atoms. The van der Waals surface area contributed by atoms with Crippen LogP contribution in [-0.2, 0) is 9.53 Å². The molecule has 1 atom stereocenters. The molecule has 0 amide bonds. The fraction of sp³-hybridized carbons (Fsp3) is 0.300. The van der Waals surface area contributed by atoms with Gasteiger partial charge in [-0.1, -0.05) is 30.3 Å². The molecule has 0 saturated carbocycles. The lowest BCUT2D eigenvalue weighted by Gasteiger charge is -2.23. The van der Waals surface area contributed by atoms with Gasteiger partial charge in [-0.05, 0) is 5.56 Å². The Morgan fingerprint density at radius 1 is 1.31 bits per heavy atom. The standard InChI is InChI=1S/C10H11NO2/c12-10-6-11-9(7-13-10)8-4-2-1-3-5-8/h1-5,9,11H,6-7H2/t9-/m0/s1. The van der Waals surface area contributed by atoms with Crippen LogP contribution >= 0.6 is 0 Å². The largest absolute Gasteiger partial charge is 0.463 e. The molecule has 1 saturated heterocycles. The number of hydrogen-bond donors (Lipinski definition) is 1. The van der Waals surface area contributed by atoms with Crippen LogP contribution in [0.1, 0.15) is 11.6 Å². The molecule has 0 unspecified atom stereocenters. The Kier molecular flexibility index (Phi) is 2.27. The SMILES string of the molecule is O=C1CN[C@H](c2ccccc2)CO1. The molecular weight excluding hydrogens is 166 g/mol. The lowest BCUT2D eigenvalue weighted by Crippen LogP contribution is -2.38. The summed E-state index contributed by atoms with van der Waals surface area (Å²) in [6, 6.07) is 10.1. The molecule has 2 rings (SSSR count). The highest BCUT2D eigenvalue weighted by Gasteiger charge is 2.19. The van der Waals surface area contributed by atoms with Crippen molar-refractivity contribution in [3.63, 3.8) is 0 Å². The Balaban J connectivity index is 2.07. The van der Waals surface area contributed by atoms with Crippen molar-refractivity contribution < 1.29 is 9.53 Å². The summed E-state index contributed by atoms with van der Waals surface area (Å²) < 4.78 is 4.94. The van der Waals surface area contributed by atoms with Crippen molar-refractivity contribution >= 4 is 5.97 Å². The Morgan fingerprint density at radius 2 is 2.08 bits per heavy atom. The van der Waals surface area contributed by atoms with Crippen LogP contribution in [0.2, 0.25) is 0 Å². The number of hydrogen-bond acceptors (Lipinski definition) is 3. The minimum Gasteiger partial charge on any atom is -0.463 e. The number of carbonyl (C=O) groups is 1. The number of nitrogens with one attached hydrogen (secondary N) is 1. The zero-order valence-corrected chi connectivity index (χ0v) is 7.19. The van der Waals surface area contributed by atoms with Crippen LogP contribution in [0.3, 0.4) is 0 Å². The van der Waals surface area contributed by atoms with E-state index < -0.39 is 0 Å². The third kappa shape index (κ3) is 1.87. The average molecular weight is 177 g/mol. The Bertz CT molecular complexity index is 287. The van der Waals surface area contributed by atoms with Gasteiger partial charge in [-0.15, -0.1) is 0 Å². The lowest BCUT2D eigenvalue weighted by molar-refractivity contribution is -0.147. The number of ether oxygens (including phenoxy) is 1. The Hall–Kier alpha value is -1.35. The molecule has 1 aromatic rings. The highest BCUT2D eigenvalue weighted by Crippen LogP contribution is 2.14. The maximum absolute atomic E-state index is 10.8. The zero-order chi connectivity index (χ0) is 9.10. The molecule has 1 aliphatic rings. The van der Waals surface area contributed by atoms with Gasteiger partial charge in [-0.2, -0.15) is 0 Å². The molecule has 1 N–H and O–H groups in total. The van der Waals surface area contributed by atoms with Crippen molar-refractivity contribution in [1.29, 1.82) is 0 Å². The van der Waals surface area contributed by atoms with E-state index in [1.807, 2.05) is 30.3 Å². The molecule has 1 aliphatic heterocycles. The van der Waals surface area contributed by atoms with Gasteiger partial charge in [-0.3, -0.25) is 10.1 Å². The smallest absolute Gasteiger partial charge is 0.320 e. The van der Waals surface area contributed by atoms with E-state index in [0.717, 1.165) is 5.56 Å². The summed E-state index contributed by atoms with van der Waals surface area (Å²) in [5.41, 5.74) is 1.16. The minimum absolute atomic E-state index is 0.152. The maximum Gasteiger partial charge on any atom is 0.320 e. The summed E-state index contributed by atoms with van der Waals surface area (Å²) in [6.07, 6.45) is 0. The van der Waals surface area contributed by atoms with E-state index in [1.54, 1.807) is 0 Å². The van der Waals surface area contributed by atoms with E-state index in [2.05, 4.69) is 5.32 Å². The van der Waals surface area contributed by atoms with Crippen molar-refractivity contribution in [3.8, 4) is 0 Å². The minimum atomic E-state index is -0.174. The number of cyclic esters (lactones) is 1. The van der Waals surface area contributed by atoms with Gasteiger partial charge in [0.1, 0.15) is 6.61 Å².